The number of fused-ring (bicyclic) bond motifs is 1. The summed E-state index contributed by atoms with van der Waals surface area (Å²) in [5, 5.41) is 3.06. The zero-order valence-electron chi connectivity index (χ0n) is 39.3. The summed E-state index contributed by atoms with van der Waals surface area (Å²) in [7, 11) is 1.64. The Balaban J connectivity index is 0.000000828. The summed E-state index contributed by atoms with van der Waals surface area (Å²) in [6, 6.07) is 25.4. The Kier molecular flexibility index (Phi) is 27.9. The SMILES string of the molecule is CCN(CC)c1ccc(NC(=O)c2cccc(CSCCOCCOCCOCCOCCOCCOCCOCCOC)c2)c(-c2cc(C(N)=O)ccn2)c1.c1ccc2c(c1)CCCC2. The van der Waals surface area contributed by atoms with Crippen LogP contribution in [0.25, 0.3) is 11.3 Å². The maximum absolute atomic E-state index is 13.5. The number of nitrogens with zero attached hydrogens (tertiary/aromatic N) is 2. The third kappa shape index (κ3) is 21.5. The lowest BCUT2D eigenvalue weighted by Crippen LogP contribution is -2.22. The average molecular weight is 933 g/mol. The Labute approximate surface area is 396 Å². The molecule has 0 atom stereocenters. The van der Waals surface area contributed by atoms with Gasteiger partial charge in [0.1, 0.15) is 0 Å². The molecule has 1 aliphatic rings. The summed E-state index contributed by atoms with van der Waals surface area (Å²) in [5.41, 5.74) is 13.4. The number of hydrogen-bond acceptors (Lipinski definition) is 13. The van der Waals surface area contributed by atoms with E-state index in [-0.39, 0.29) is 5.91 Å². The number of anilines is 2. The lowest BCUT2D eigenvalue weighted by molar-refractivity contribution is -0.0217. The van der Waals surface area contributed by atoms with Crippen LogP contribution in [0.5, 0.6) is 0 Å². The smallest absolute Gasteiger partial charge is 0.255 e. The van der Waals surface area contributed by atoms with Crippen molar-refractivity contribution in [2.24, 2.45) is 5.73 Å². The van der Waals surface area contributed by atoms with Crippen LogP contribution in [0.15, 0.2) is 85.1 Å². The van der Waals surface area contributed by atoms with Crippen molar-refractivity contribution < 1.29 is 47.5 Å². The molecule has 1 heterocycles. The minimum Gasteiger partial charge on any atom is -0.382 e. The van der Waals surface area contributed by atoms with Gasteiger partial charge in [0.2, 0.25) is 5.91 Å². The molecule has 0 aliphatic heterocycles. The number of thioether (sulfide) groups is 1. The van der Waals surface area contributed by atoms with Crippen molar-refractivity contribution in [3.05, 3.63) is 113 Å². The van der Waals surface area contributed by atoms with Crippen molar-refractivity contribution in [1.29, 1.82) is 0 Å². The molecule has 66 heavy (non-hydrogen) atoms. The molecule has 14 nitrogen and oxygen atoms in total. The number of nitrogens with one attached hydrogen (secondary N) is 1. The van der Waals surface area contributed by atoms with E-state index >= 15 is 0 Å². The fourth-order valence-corrected chi connectivity index (χ4v) is 7.71. The summed E-state index contributed by atoms with van der Waals surface area (Å²) < 4.78 is 43.4. The van der Waals surface area contributed by atoms with E-state index < -0.39 is 5.91 Å². The first-order chi connectivity index (χ1) is 32.4. The molecule has 1 aliphatic carbocycles. The quantitative estimate of drug-likeness (QED) is 0.0452. The van der Waals surface area contributed by atoms with E-state index in [0.29, 0.717) is 127 Å². The summed E-state index contributed by atoms with van der Waals surface area (Å²) >= 11 is 1.73. The second-order valence-electron chi connectivity index (χ2n) is 15.2. The molecule has 15 heteroatoms. The summed E-state index contributed by atoms with van der Waals surface area (Å²) in [4.78, 5) is 32.0. The lowest BCUT2D eigenvalue weighted by Gasteiger charge is -2.23. The molecule has 4 aromatic rings. The lowest BCUT2D eigenvalue weighted by atomic mass is 9.92. The Morgan fingerprint density at radius 3 is 1.71 bits per heavy atom. The van der Waals surface area contributed by atoms with Crippen LogP contribution in [0.2, 0.25) is 0 Å². The number of primary amides is 1. The van der Waals surface area contributed by atoms with E-state index in [1.54, 1.807) is 54.4 Å². The van der Waals surface area contributed by atoms with Crippen LogP contribution in [-0.4, -0.2) is 142 Å². The van der Waals surface area contributed by atoms with Crippen LogP contribution in [0.3, 0.4) is 0 Å². The average Bonchev–Trinajstić information content (AvgIpc) is 3.35. The first kappa shape index (κ1) is 54.2. The fourth-order valence-electron chi connectivity index (χ4n) is 6.91. The molecule has 3 N–H and O–H groups in total. The Hall–Kier alpha value is -4.42. The van der Waals surface area contributed by atoms with E-state index in [4.69, 9.17) is 43.6 Å². The van der Waals surface area contributed by atoms with Gasteiger partial charge in [-0.1, -0.05) is 36.4 Å². The molecule has 1 aromatic heterocycles. The van der Waals surface area contributed by atoms with Gasteiger partial charge in [0.05, 0.1) is 110 Å². The van der Waals surface area contributed by atoms with Crippen LogP contribution in [-0.2, 0) is 56.5 Å². The van der Waals surface area contributed by atoms with Gasteiger partial charge in [0.15, 0.2) is 0 Å². The van der Waals surface area contributed by atoms with E-state index in [1.165, 1.54) is 25.7 Å². The van der Waals surface area contributed by atoms with Gasteiger partial charge in [-0.2, -0.15) is 11.8 Å². The number of aryl methyl sites for hydroxylation is 2. The molecule has 0 saturated heterocycles. The number of hydrogen-bond donors (Lipinski definition) is 2. The monoisotopic (exact) mass is 932 g/mol. The van der Waals surface area contributed by atoms with Gasteiger partial charge < -0.3 is 53.8 Å². The molecule has 0 bridgehead atoms. The standard InChI is InChI=1S/C41H60N4O10S.C10H12/c1-4-45(5-2)36-9-10-38(37(31-36)39-30-34(40(42)46)11-12-43-39)44-41(47)35-8-6-7-33(29-35)32-56-28-27-55-26-25-54-24-23-53-22-21-52-20-19-51-18-17-50-16-15-49-14-13-48-3;1-2-6-10-8-4-3-7-9(10)5-1/h6-12,29-31H,4-5,13-28,32H2,1-3H3,(H2,42,46)(H,44,47);1-2,5-6H,3-4,7-8H2. The largest absolute Gasteiger partial charge is 0.382 e. The van der Waals surface area contributed by atoms with Crippen LogP contribution < -0.4 is 16.0 Å². The highest BCUT2D eigenvalue weighted by Crippen LogP contribution is 2.32. The number of amides is 2. The number of carbonyl (C=O) groups is 2. The maximum Gasteiger partial charge on any atom is 0.255 e. The highest BCUT2D eigenvalue weighted by Gasteiger charge is 2.16. The molecule has 5 rings (SSSR count). The summed E-state index contributed by atoms with van der Waals surface area (Å²) in [5.74, 6) is 0.768. The number of rotatable bonds is 33. The second kappa shape index (κ2) is 34.0. The number of aromatic nitrogens is 1. The predicted octanol–water partition coefficient (Wildman–Crippen LogP) is 7.51. The van der Waals surface area contributed by atoms with Crippen molar-refractivity contribution in [1.82, 2.24) is 4.98 Å². The number of pyridine rings is 1. The fraction of sp³-hybridized carbons (Fsp3) is 0.510. The van der Waals surface area contributed by atoms with Gasteiger partial charge in [-0.3, -0.25) is 14.6 Å². The van der Waals surface area contributed by atoms with E-state index in [1.807, 2.05) is 36.4 Å². The molecule has 0 fully saturated rings. The topological polar surface area (TPSA) is 162 Å². The Morgan fingerprint density at radius 1 is 0.636 bits per heavy atom. The van der Waals surface area contributed by atoms with Crippen LogP contribution >= 0.6 is 11.8 Å². The van der Waals surface area contributed by atoms with Crippen molar-refractivity contribution in [2.45, 2.75) is 45.3 Å². The summed E-state index contributed by atoms with van der Waals surface area (Å²) in [6.07, 6.45) is 6.92. The summed E-state index contributed by atoms with van der Waals surface area (Å²) in [6.45, 7) is 13.7. The van der Waals surface area contributed by atoms with Crippen LogP contribution in [0, 0.1) is 0 Å². The number of benzene rings is 3. The van der Waals surface area contributed by atoms with E-state index in [0.717, 1.165) is 35.8 Å². The zero-order chi connectivity index (χ0) is 46.9. The van der Waals surface area contributed by atoms with Crippen molar-refractivity contribution in [3.63, 3.8) is 0 Å². The van der Waals surface area contributed by atoms with Crippen LogP contribution in [0.1, 0.15) is 64.1 Å². The molecule has 0 radical (unpaired) electrons. The van der Waals surface area contributed by atoms with Gasteiger partial charge in [-0.05, 0) is 98.7 Å². The molecule has 2 amide bonds. The van der Waals surface area contributed by atoms with Crippen molar-refractivity contribution >= 4 is 35.0 Å². The number of methoxy groups -OCH3 is 1. The normalized spacial score (nSPS) is 12.0. The Morgan fingerprint density at radius 2 is 1.18 bits per heavy atom. The predicted molar refractivity (Wildman–Crippen MR) is 263 cm³/mol. The van der Waals surface area contributed by atoms with Crippen LogP contribution in [0.4, 0.5) is 11.4 Å². The third-order valence-corrected chi connectivity index (χ3v) is 11.4. The molecule has 362 valence electrons. The Bertz CT molecular complexity index is 1930. The highest BCUT2D eigenvalue weighted by molar-refractivity contribution is 7.98. The zero-order valence-corrected chi connectivity index (χ0v) is 40.1. The maximum atomic E-state index is 13.5. The highest BCUT2D eigenvalue weighted by atomic mass is 32.2. The van der Waals surface area contributed by atoms with Gasteiger partial charge in [-0.15, -0.1) is 0 Å². The molecular formula is C51H72N4O10S. The number of ether oxygens (including phenoxy) is 8. The molecule has 0 saturated carbocycles. The van der Waals surface area contributed by atoms with E-state index in [9.17, 15) is 9.59 Å². The number of carbonyl (C=O) groups excluding carboxylic acids is 2. The van der Waals surface area contributed by atoms with Gasteiger partial charge in [0, 0.05) is 60.3 Å². The molecule has 0 spiro atoms. The molecular weight excluding hydrogens is 861 g/mol. The van der Waals surface area contributed by atoms with Gasteiger partial charge in [0.25, 0.3) is 5.91 Å². The van der Waals surface area contributed by atoms with E-state index in [2.05, 4.69) is 53.3 Å². The number of nitrogens with two attached hydrogens (primary N) is 1. The van der Waals surface area contributed by atoms with Crippen molar-refractivity contribution in [2.75, 3.05) is 135 Å². The molecule has 0 unspecified atom stereocenters. The van der Waals surface area contributed by atoms with Gasteiger partial charge >= 0.3 is 0 Å². The molecule has 3 aromatic carbocycles. The first-order valence-electron chi connectivity index (χ1n) is 23.2. The van der Waals surface area contributed by atoms with Crippen molar-refractivity contribution in [3.8, 4) is 11.3 Å². The minimum absolute atomic E-state index is 0.238. The first-order valence-corrected chi connectivity index (χ1v) is 24.3. The minimum atomic E-state index is -0.543. The van der Waals surface area contributed by atoms with Gasteiger partial charge in [-0.25, -0.2) is 0 Å². The second-order valence-corrected chi connectivity index (χ2v) is 16.3. The third-order valence-electron chi connectivity index (χ3n) is 10.5.